The molecule has 0 aromatic heterocycles. The number of nitrogens with one attached hydrogen (secondary N) is 1. The molecule has 7 nitrogen and oxygen atoms in total. The molecule has 0 unspecified atom stereocenters. The van der Waals surface area contributed by atoms with Crippen LogP contribution >= 0.6 is 0 Å². The number of hydrogen-bond donors (Lipinski definition) is 1. The minimum Gasteiger partial charge on any atom is -0.493 e. The van der Waals surface area contributed by atoms with Crippen molar-refractivity contribution >= 4 is 11.4 Å². The number of ether oxygens (including phenoxy) is 3. The van der Waals surface area contributed by atoms with E-state index in [9.17, 15) is 10.1 Å². The van der Waals surface area contributed by atoms with Crippen molar-refractivity contribution in [3.63, 3.8) is 0 Å². The molecule has 0 atom stereocenters. The van der Waals surface area contributed by atoms with E-state index >= 15 is 0 Å². The van der Waals surface area contributed by atoms with Gasteiger partial charge in [-0.15, -0.1) is 0 Å². The molecule has 1 N–H and O–H groups in total. The van der Waals surface area contributed by atoms with Crippen molar-refractivity contribution in [1.29, 1.82) is 0 Å². The van der Waals surface area contributed by atoms with Crippen LogP contribution in [0.2, 0.25) is 0 Å². The van der Waals surface area contributed by atoms with Crippen LogP contribution < -0.4 is 10.1 Å². The number of nitro groups is 1. The van der Waals surface area contributed by atoms with Gasteiger partial charge in [0.1, 0.15) is 5.75 Å². The molecule has 1 aromatic rings. The second kappa shape index (κ2) is 9.95. The van der Waals surface area contributed by atoms with E-state index in [2.05, 4.69) is 5.32 Å². The Labute approximate surface area is 124 Å². The average Bonchev–Trinajstić information content (AvgIpc) is 2.46. The van der Waals surface area contributed by atoms with Crippen molar-refractivity contribution in [3.8, 4) is 5.75 Å². The van der Waals surface area contributed by atoms with Gasteiger partial charge in [-0.05, 0) is 6.92 Å². The van der Waals surface area contributed by atoms with Crippen LogP contribution in [0.25, 0.3) is 0 Å². The molecule has 1 aromatic carbocycles. The molecule has 118 valence electrons. The predicted octanol–water partition coefficient (Wildman–Crippen LogP) is 2.46. The number of non-ortho nitro benzene ring substituents is 1. The summed E-state index contributed by atoms with van der Waals surface area (Å²) < 4.78 is 15.7. The maximum atomic E-state index is 10.9. The Morgan fingerprint density at radius 2 is 2.00 bits per heavy atom. The molecule has 0 bridgehead atoms. The molecule has 0 spiro atoms. The normalized spacial score (nSPS) is 10.4. The van der Waals surface area contributed by atoms with Crippen LogP contribution in [0.15, 0.2) is 18.2 Å². The molecule has 0 radical (unpaired) electrons. The standard InChI is InChI=1S/C14H22N2O5/c1-3-15-12-9-13(16(17)18)11-14(10-12)21-6-4-5-20-8-7-19-2/h9-11,15H,3-8H2,1-2H3. The Hall–Kier alpha value is -1.86. The number of nitrogens with zero attached hydrogens (tertiary/aromatic N) is 1. The Bertz CT molecular complexity index is 439. The SMILES string of the molecule is CCNc1cc(OCCCOCCOC)cc([N+](=O)[O-])c1. The van der Waals surface area contributed by atoms with Gasteiger partial charge in [0.25, 0.3) is 5.69 Å². The maximum absolute atomic E-state index is 10.9. The summed E-state index contributed by atoms with van der Waals surface area (Å²) in [7, 11) is 1.62. The zero-order valence-electron chi connectivity index (χ0n) is 12.5. The molecule has 0 fully saturated rings. The van der Waals surface area contributed by atoms with E-state index in [4.69, 9.17) is 14.2 Å². The van der Waals surface area contributed by atoms with E-state index < -0.39 is 4.92 Å². The molecular formula is C14H22N2O5. The summed E-state index contributed by atoms with van der Waals surface area (Å²) in [5.74, 6) is 0.483. The number of nitro benzene ring substituents is 1. The van der Waals surface area contributed by atoms with Crippen LogP contribution in [0.3, 0.4) is 0 Å². The second-order valence-corrected chi connectivity index (χ2v) is 4.31. The van der Waals surface area contributed by atoms with Gasteiger partial charge >= 0.3 is 0 Å². The van der Waals surface area contributed by atoms with Gasteiger partial charge in [-0.2, -0.15) is 0 Å². The van der Waals surface area contributed by atoms with E-state index in [0.29, 0.717) is 50.8 Å². The summed E-state index contributed by atoms with van der Waals surface area (Å²) in [4.78, 5) is 10.4. The average molecular weight is 298 g/mol. The molecule has 0 heterocycles. The molecule has 0 aliphatic carbocycles. The predicted molar refractivity (Wildman–Crippen MR) is 80.1 cm³/mol. The zero-order chi connectivity index (χ0) is 15.5. The largest absolute Gasteiger partial charge is 0.493 e. The number of benzene rings is 1. The van der Waals surface area contributed by atoms with Crippen LogP contribution in [-0.2, 0) is 9.47 Å². The van der Waals surface area contributed by atoms with Gasteiger partial charge in [0.05, 0.1) is 30.8 Å². The van der Waals surface area contributed by atoms with Gasteiger partial charge in [0, 0.05) is 44.5 Å². The Morgan fingerprint density at radius 1 is 1.19 bits per heavy atom. The fourth-order valence-corrected chi connectivity index (χ4v) is 1.67. The van der Waals surface area contributed by atoms with Crippen LogP contribution in [0, 0.1) is 10.1 Å². The number of anilines is 1. The highest BCUT2D eigenvalue weighted by Gasteiger charge is 2.10. The third kappa shape index (κ3) is 6.92. The number of rotatable bonds is 11. The monoisotopic (exact) mass is 298 g/mol. The highest BCUT2D eigenvalue weighted by Crippen LogP contribution is 2.26. The van der Waals surface area contributed by atoms with Crippen molar-refractivity contribution in [1.82, 2.24) is 0 Å². The summed E-state index contributed by atoms with van der Waals surface area (Å²) in [6.07, 6.45) is 0.711. The first-order valence-electron chi connectivity index (χ1n) is 6.90. The number of methoxy groups -OCH3 is 1. The van der Waals surface area contributed by atoms with Crippen LogP contribution in [0.4, 0.5) is 11.4 Å². The van der Waals surface area contributed by atoms with Crippen LogP contribution in [-0.4, -0.2) is 45.0 Å². The molecule has 1 rings (SSSR count). The van der Waals surface area contributed by atoms with Crippen molar-refractivity contribution in [2.45, 2.75) is 13.3 Å². The first-order valence-corrected chi connectivity index (χ1v) is 6.90. The summed E-state index contributed by atoms with van der Waals surface area (Å²) in [5.41, 5.74) is 0.692. The van der Waals surface area contributed by atoms with E-state index in [0.717, 1.165) is 0 Å². The lowest BCUT2D eigenvalue weighted by molar-refractivity contribution is -0.384. The van der Waals surface area contributed by atoms with Gasteiger partial charge in [-0.1, -0.05) is 0 Å². The van der Waals surface area contributed by atoms with Crippen molar-refractivity contribution in [2.75, 3.05) is 45.4 Å². The summed E-state index contributed by atoms with van der Waals surface area (Å²) in [6.45, 7) is 4.75. The minimum atomic E-state index is -0.429. The molecule has 21 heavy (non-hydrogen) atoms. The van der Waals surface area contributed by atoms with Crippen LogP contribution in [0.1, 0.15) is 13.3 Å². The summed E-state index contributed by atoms with van der Waals surface area (Å²) in [5, 5.41) is 13.9. The number of hydrogen-bond acceptors (Lipinski definition) is 6. The third-order valence-electron chi connectivity index (χ3n) is 2.62. The molecule has 0 saturated heterocycles. The van der Waals surface area contributed by atoms with Crippen molar-refractivity contribution in [2.24, 2.45) is 0 Å². The molecule has 0 saturated carbocycles. The van der Waals surface area contributed by atoms with E-state index in [1.807, 2.05) is 6.92 Å². The van der Waals surface area contributed by atoms with Crippen molar-refractivity contribution < 1.29 is 19.1 Å². The Kier molecular flexibility index (Phi) is 8.15. The first kappa shape index (κ1) is 17.2. The quantitative estimate of drug-likeness (QED) is 0.384. The smallest absolute Gasteiger partial charge is 0.275 e. The van der Waals surface area contributed by atoms with Crippen LogP contribution in [0.5, 0.6) is 5.75 Å². The van der Waals surface area contributed by atoms with Gasteiger partial charge in [-0.25, -0.2) is 0 Å². The lowest BCUT2D eigenvalue weighted by Gasteiger charge is -2.09. The van der Waals surface area contributed by atoms with Gasteiger partial charge < -0.3 is 19.5 Å². The minimum absolute atomic E-state index is 0.0137. The second-order valence-electron chi connectivity index (χ2n) is 4.31. The van der Waals surface area contributed by atoms with E-state index in [-0.39, 0.29) is 5.69 Å². The molecular weight excluding hydrogens is 276 g/mol. The summed E-state index contributed by atoms with van der Waals surface area (Å²) >= 11 is 0. The Balaban J connectivity index is 2.44. The van der Waals surface area contributed by atoms with E-state index in [1.165, 1.54) is 12.1 Å². The lowest BCUT2D eigenvalue weighted by atomic mass is 10.2. The highest BCUT2D eigenvalue weighted by atomic mass is 16.6. The van der Waals surface area contributed by atoms with Gasteiger partial charge in [0.15, 0.2) is 0 Å². The Morgan fingerprint density at radius 3 is 2.67 bits per heavy atom. The fraction of sp³-hybridized carbons (Fsp3) is 0.571. The molecule has 0 aliphatic rings. The first-order chi connectivity index (χ1) is 10.2. The van der Waals surface area contributed by atoms with Crippen molar-refractivity contribution in [3.05, 3.63) is 28.3 Å². The zero-order valence-corrected chi connectivity index (χ0v) is 12.5. The fourth-order valence-electron chi connectivity index (χ4n) is 1.67. The third-order valence-corrected chi connectivity index (χ3v) is 2.62. The van der Waals surface area contributed by atoms with Gasteiger partial charge in [0.2, 0.25) is 0 Å². The maximum Gasteiger partial charge on any atom is 0.275 e. The van der Waals surface area contributed by atoms with E-state index in [1.54, 1.807) is 13.2 Å². The lowest BCUT2D eigenvalue weighted by Crippen LogP contribution is -2.07. The topological polar surface area (TPSA) is 82.9 Å². The molecule has 0 amide bonds. The summed E-state index contributed by atoms with van der Waals surface area (Å²) in [6, 6.07) is 4.67. The van der Waals surface area contributed by atoms with Gasteiger partial charge in [-0.3, -0.25) is 10.1 Å². The molecule has 7 heteroatoms. The highest BCUT2D eigenvalue weighted by molar-refractivity contribution is 5.56. The molecule has 0 aliphatic heterocycles.